The minimum atomic E-state index is -4.60. The number of pyridine rings is 1. The summed E-state index contributed by atoms with van der Waals surface area (Å²) in [4.78, 5) is 35.8. The van der Waals surface area contributed by atoms with Gasteiger partial charge in [-0.2, -0.15) is 13.2 Å². The Morgan fingerprint density at radius 3 is 2.72 bits per heavy atom. The summed E-state index contributed by atoms with van der Waals surface area (Å²) in [5.41, 5.74) is -0.630. The van der Waals surface area contributed by atoms with Gasteiger partial charge in [-0.1, -0.05) is 23.8 Å². The molecule has 0 saturated heterocycles. The van der Waals surface area contributed by atoms with Crippen molar-refractivity contribution >= 4 is 45.8 Å². The molecule has 1 fully saturated rings. The first-order chi connectivity index (χ1) is 20.5. The molecule has 3 amide bonds. The number of aromatic nitrogens is 2. The van der Waals surface area contributed by atoms with E-state index in [0.29, 0.717) is 17.7 Å². The Bertz CT molecular complexity index is 1530. The fourth-order valence-electron chi connectivity index (χ4n) is 4.79. The van der Waals surface area contributed by atoms with Gasteiger partial charge in [0.15, 0.2) is 5.69 Å². The normalized spacial score (nSPS) is 22.3. The van der Waals surface area contributed by atoms with Crippen LogP contribution in [0.25, 0.3) is 21.6 Å². The second kappa shape index (κ2) is 13.0. The summed E-state index contributed by atoms with van der Waals surface area (Å²) >= 11 is 7.33. The number of alkyl halides is 3. The molecule has 1 aliphatic carbocycles. The van der Waals surface area contributed by atoms with Gasteiger partial charge < -0.3 is 25.0 Å². The third kappa shape index (κ3) is 7.32. The Labute approximate surface area is 255 Å². The average molecular weight is 638 g/mol. The van der Waals surface area contributed by atoms with Gasteiger partial charge in [-0.05, 0) is 43.7 Å². The zero-order valence-corrected chi connectivity index (χ0v) is 25.1. The quantitative estimate of drug-likeness (QED) is 0.318. The second-order valence-corrected chi connectivity index (χ2v) is 11.8. The SMILES string of the molecule is COc1ccc2c(OCCC3NC(=O)N(C)CCCC/C=C\[C@@H]4CC4NC3=O)cc(-c3nc(C(F)(F)F)cs3)nc2c1Cl. The number of amides is 3. The Morgan fingerprint density at radius 1 is 1.16 bits per heavy atom. The number of rotatable bonds is 6. The number of nitrogens with zero attached hydrogens (tertiary/aromatic N) is 3. The molecule has 3 heterocycles. The third-order valence-electron chi connectivity index (χ3n) is 7.37. The van der Waals surface area contributed by atoms with Crippen molar-refractivity contribution < 1.29 is 32.2 Å². The molecule has 2 aromatic heterocycles. The molecule has 1 saturated carbocycles. The van der Waals surface area contributed by atoms with Crippen LogP contribution in [0, 0.1) is 5.92 Å². The molecule has 3 aromatic rings. The maximum absolute atomic E-state index is 13.2. The molecule has 2 N–H and O–H groups in total. The lowest BCUT2D eigenvalue weighted by Crippen LogP contribution is -2.51. The number of ether oxygens (including phenoxy) is 2. The minimum Gasteiger partial charge on any atom is -0.495 e. The van der Waals surface area contributed by atoms with Crippen molar-refractivity contribution in [1.82, 2.24) is 25.5 Å². The molecule has 230 valence electrons. The summed E-state index contributed by atoms with van der Waals surface area (Å²) in [5.74, 6) is 0.592. The molecule has 0 radical (unpaired) electrons. The van der Waals surface area contributed by atoms with E-state index in [-0.39, 0.29) is 63.9 Å². The highest BCUT2D eigenvalue weighted by Gasteiger charge is 2.38. The summed E-state index contributed by atoms with van der Waals surface area (Å²) in [6, 6.07) is 3.60. The summed E-state index contributed by atoms with van der Waals surface area (Å²) < 4.78 is 51.1. The van der Waals surface area contributed by atoms with E-state index >= 15 is 0 Å². The first kappa shape index (κ1) is 30.9. The van der Waals surface area contributed by atoms with Crippen LogP contribution in [0.1, 0.15) is 37.8 Å². The predicted octanol–water partition coefficient (Wildman–Crippen LogP) is 6.06. The van der Waals surface area contributed by atoms with Crippen LogP contribution in [0.4, 0.5) is 18.0 Å². The smallest absolute Gasteiger partial charge is 0.434 e. The van der Waals surface area contributed by atoms with Crippen LogP contribution in [0.15, 0.2) is 35.7 Å². The number of carbonyl (C=O) groups excluding carboxylic acids is 2. The van der Waals surface area contributed by atoms with Crippen LogP contribution in [0.3, 0.4) is 0 Å². The van der Waals surface area contributed by atoms with Crippen LogP contribution in [0.2, 0.25) is 5.02 Å². The predicted molar refractivity (Wildman–Crippen MR) is 158 cm³/mol. The van der Waals surface area contributed by atoms with Crippen LogP contribution in [0.5, 0.6) is 11.5 Å². The molecular weight excluding hydrogens is 607 g/mol. The van der Waals surface area contributed by atoms with E-state index in [1.54, 1.807) is 24.1 Å². The van der Waals surface area contributed by atoms with Gasteiger partial charge in [-0.15, -0.1) is 11.3 Å². The molecule has 1 aliphatic heterocycles. The molecular formula is C29H31ClF3N5O4S. The molecule has 0 spiro atoms. The van der Waals surface area contributed by atoms with Gasteiger partial charge in [-0.3, -0.25) is 4.79 Å². The lowest BCUT2D eigenvalue weighted by Gasteiger charge is -2.24. The van der Waals surface area contributed by atoms with E-state index in [4.69, 9.17) is 21.1 Å². The van der Waals surface area contributed by atoms with Gasteiger partial charge >= 0.3 is 12.2 Å². The number of hydrogen-bond donors (Lipinski definition) is 2. The van der Waals surface area contributed by atoms with E-state index in [1.165, 1.54) is 13.2 Å². The third-order valence-corrected chi connectivity index (χ3v) is 8.60. The Morgan fingerprint density at radius 2 is 1.98 bits per heavy atom. The van der Waals surface area contributed by atoms with Crippen molar-refractivity contribution in [3.8, 4) is 22.2 Å². The Balaban J connectivity index is 1.39. The number of urea groups is 1. The number of allylic oxidation sites excluding steroid dienone is 1. The maximum Gasteiger partial charge on any atom is 0.434 e. The number of fused-ring (bicyclic) bond motifs is 2. The molecule has 9 nitrogen and oxygen atoms in total. The summed E-state index contributed by atoms with van der Waals surface area (Å²) in [7, 11) is 3.12. The summed E-state index contributed by atoms with van der Waals surface area (Å²) in [6.07, 6.45) is 3.40. The number of methoxy groups -OCH3 is 1. The standard InChI is InChI=1S/C29H31ClF3N5O4S/c1-38-11-6-4-3-5-7-16-13-19(16)35-26(39)18(36-28(38)40)10-12-42-22-14-20(27-37-23(15-43-27)29(31,32)33)34-25-17(22)8-9-21(41-2)24(25)30/h5,7-9,14-16,18-19H,3-4,6,10-13H2,1-2H3,(H,35,39)(H,36,40)/b7-5-/t16-,18?,19?/m1/s1. The number of benzene rings is 1. The van der Waals surface area contributed by atoms with Gasteiger partial charge in [0, 0.05) is 42.9 Å². The van der Waals surface area contributed by atoms with Gasteiger partial charge in [0.2, 0.25) is 5.91 Å². The van der Waals surface area contributed by atoms with Crippen LogP contribution in [-0.4, -0.2) is 66.2 Å². The largest absolute Gasteiger partial charge is 0.495 e. The molecule has 3 atom stereocenters. The highest BCUT2D eigenvalue weighted by atomic mass is 35.5. The Hall–Kier alpha value is -3.58. The van der Waals surface area contributed by atoms with Crippen LogP contribution < -0.4 is 20.1 Å². The second-order valence-electron chi connectivity index (χ2n) is 10.5. The van der Waals surface area contributed by atoms with E-state index in [0.717, 1.165) is 42.4 Å². The van der Waals surface area contributed by atoms with Crippen molar-refractivity contribution in [1.29, 1.82) is 0 Å². The average Bonchev–Trinajstić information content (AvgIpc) is 3.48. The fraction of sp³-hybridized carbons (Fsp3) is 0.448. The zero-order valence-electron chi connectivity index (χ0n) is 23.5. The van der Waals surface area contributed by atoms with E-state index in [2.05, 4.69) is 32.8 Å². The number of nitrogens with one attached hydrogen (secondary N) is 2. The fourth-order valence-corrected chi connectivity index (χ4v) is 5.86. The maximum atomic E-state index is 13.2. The number of thiazole rings is 1. The van der Waals surface area contributed by atoms with Crippen molar-refractivity contribution in [2.24, 2.45) is 5.92 Å². The first-order valence-corrected chi connectivity index (χ1v) is 15.1. The molecule has 5 rings (SSSR count). The molecule has 1 aromatic carbocycles. The van der Waals surface area contributed by atoms with Gasteiger partial charge in [0.1, 0.15) is 33.3 Å². The van der Waals surface area contributed by atoms with Crippen molar-refractivity contribution in [3.63, 3.8) is 0 Å². The van der Waals surface area contributed by atoms with Gasteiger partial charge in [-0.25, -0.2) is 14.8 Å². The zero-order chi connectivity index (χ0) is 30.7. The number of halogens is 4. The lowest BCUT2D eigenvalue weighted by atomic mass is 10.1. The highest BCUT2D eigenvalue weighted by molar-refractivity contribution is 7.13. The minimum absolute atomic E-state index is 0.00392. The Kier molecular flexibility index (Phi) is 9.30. The topological polar surface area (TPSA) is 106 Å². The molecule has 0 bridgehead atoms. The molecule has 14 heteroatoms. The van der Waals surface area contributed by atoms with Gasteiger partial charge in [0.05, 0.1) is 19.2 Å². The van der Waals surface area contributed by atoms with Crippen molar-refractivity contribution in [2.75, 3.05) is 27.3 Å². The van der Waals surface area contributed by atoms with E-state index < -0.39 is 17.9 Å². The summed E-state index contributed by atoms with van der Waals surface area (Å²) in [6.45, 7) is 0.559. The van der Waals surface area contributed by atoms with Gasteiger partial charge in [0.25, 0.3) is 0 Å². The van der Waals surface area contributed by atoms with Crippen LogP contribution in [-0.2, 0) is 11.0 Å². The molecule has 2 unspecified atom stereocenters. The molecule has 2 aliphatic rings. The number of hydrogen-bond acceptors (Lipinski definition) is 7. The monoisotopic (exact) mass is 637 g/mol. The van der Waals surface area contributed by atoms with Crippen molar-refractivity contribution in [3.05, 3.63) is 46.4 Å². The molecule has 43 heavy (non-hydrogen) atoms. The summed E-state index contributed by atoms with van der Waals surface area (Å²) in [5, 5.41) is 7.45. The van der Waals surface area contributed by atoms with Crippen LogP contribution >= 0.6 is 22.9 Å². The highest BCUT2D eigenvalue weighted by Crippen LogP contribution is 2.40. The van der Waals surface area contributed by atoms with E-state index in [9.17, 15) is 22.8 Å². The lowest BCUT2D eigenvalue weighted by molar-refractivity contribution is -0.140. The number of carbonyl (C=O) groups is 2. The first-order valence-electron chi connectivity index (χ1n) is 13.9. The van der Waals surface area contributed by atoms with E-state index in [1.807, 2.05) is 0 Å². The van der Waals surface area contributed by atoms with Crippen molar-refractivity contribution in [2.45, 2.75) is 50.4 Å².